The van der Waals surface area contributed by atoms with Crippen LogP contribution in [0.2, 0.25) is 0 Å². The lowest BCUT2D eigenvalue weighted by molar-refractivity contribution is 0.101. The van der Waals surface area contributed by atoms with Gasteiger partial charge in [0, 0.05) is 5.75 Å². The van der Waals surface area contributed by atoms with Gasteiger partial charge in [0.2, 0.25) is 5.90 Å². The van der Waals surface area contributed by atoms with Gasteiger partial charge < -0.3 is 20.5 Å². The Morgan fingerprint density at radius 1 is 1.36 bits per heavy atom. The summed E-state index contributed by atoms with van der Waals surface area (Å²) in [5.74, 6) is -2.43. The second-order valence-electron chi connectivity index (χ2n) is 5.61. The number of hydrogen-bond acceptors (Lipinski definition) is 7. The number of rotatable bonds is 8. The maximum Gasteiger partial charge on any atom is 0.261 e. The lowest BCUT2D eigenvalue weighted by Gasteiger charge is -2.13. The van der Waals surface area contributed by atoms with Crippen molar-refractivity contribution in [2.45, 2.75) is 20.3 Å². The van der Waals surface area contributed by atoms with Gasteiger partial charge in [-0.1, -0.05) is 18.9 Å². The highest BCUT2D eigenvalue weighted by Crippen LogP contribution is 2.25. The third kappa shape index (κ3) is 5.10. The number of nitrogens with one attached hydrogen (secondary N) is 3. The average Bonchev–Trinajstić information content (AvgIpc) is 2.65. The summed E-state index contributed by atoms with van der Waals surface area (Å²) in [4.78, 5) is 16.3. The molecule has 0 radical (unpaired) electrons. The second-order valence-corrected chi connectivity index (χ2v) is 6.51. The zero-order chi connectivity index (χ0) is 20.7. The zero-order valence-corrected chi connectivity index (χ0v) is 16.3. The molecule has 7 nitrogen and oxygen atoms in total. The van der Waals surface area contributed by atoms with E-state index in [1.807, 2.05) is 6.92 Å². The van der Waals surface area contributed by atoms with Crippen molar-refractivity contribution < 1.29 is 18.3 Å². The summed E-state index contributed by atoms with van der Waals surface area (Å²) in [7, 11) is 0. The fourth-order valence-corrected chi connectivity index (χ4v) is 2.83. The Labute approximate surface area is 165 Å². The van der Waals surface area contributed by atoms with Gasteiger partial charge in [0.05, 0.1) is 29.7 Å². The highest BCUT2D eigenvalue weighted by Gasteiger charge is 2.21. The molecule has 10 heteroatoms. The minimum absolute atomic E-state index is 0.0132. The van der Waals surface area contributed by atoms with Gasteiger partial charge in [0.25, 0.3) is 5.91 Å². The molecule has 150 valence electrons. The minimum Gasteiger partial charge on any atom is -0.478 e. The standard InChI is InChI=1S/C18H21F2N5O2S/c1-3-7-28-25-13-6-5-12(19)14(15(13)20)18(26)24-10-8-11(16(21)23-9-10)17(22)27-4-2/h5-6,8-9,22,25H,3-4,7H2,1-2H3,(H2,21,23)(H,24,26). The van der Waals surface area contributed by atoms with E-state index in [4.69, 9.17) is 15.9 Å². The molecular formula is C18H21F2N5O2S. The maximum atomic E-state index is 14.6. The molecule has 0 spiro atoms. The van der Waals surface area contributed by atoms with E-state index in [1.54, 1.807) is 6.92 Å². The molecule has 0 aliphatic carbocycles. The molecule has 2 rings (SSSR count). The van der Waals surface area contributed by atoms with Gasteiger partial charge in [-0.05, 0) is 31.5 Å². The summed E-state index contributed by atoms with van der Waals surface area (Å²) >= 11 is 1.26. The largest absolute Gasteiger partial charge is 0.478 e. The highest BCUT2D eigenvalue weighted by atomic mass is 32.2. The number of ether oxygens (including phenoxy) is 1. The first-order valence-electron chi connectivity index (χ1n) is 8.53. The SMILES string of the molecule is CCCSNc1ccc(F)c(C(=O)Nc2cnc(N)c(C(=N)OCC)c2)c1F. The molecule has 0 fully saturated rings. The molecule has 0 unspecified atom stereocenters. The van der Waals surface area contributed by atoms with Crippen molar-refractivity contribution in [1.29, 1.82) is 5.41 Å². The monoisotopic (exact) mass is 409 g/mol. The summed E-state index contributed by atoms with van der Waals surface area (Å²) in [5.41, 5.74) is 5.29. The van der Waals surface area contributed by atoms with E-state index in [0.29, 0.717) is 0 Å². The van der Waals surface area contributed by atoms with Crippen molar-refractivity contribution in [3.05, 3.63) is 47.2 Å². The number of amides is 1. The normalized spacial score (nSPS) is 10.4. The Morgan fingerprint density at radius 2 is 2.11 bits per heavy atom. The fraction of sp³-hybridized carbons (Fsp3) is 0.278. The van der Waals surface area contributed by atoms with Crippen molar-refractivity contribution in [2.24, 2.45) is 0 Å². The topological polar surface area (TPSA) is 113 Å². The quantitative estimate of drug-likeness (QED) is 0.227. The van der Waals surface area contributed by atoms with Crippen LogP contribution in [0.4, 0.5) is 26.0 Å². The molecular weight excluding hydrogens is 388 g/mol. The Hall–Kier alpha value is -2.88. The van der Waals surface area contributed by atoms with Crippen LogP contribution in [0, 0.1) is 17.0 Å². The van der Waals surface area contributed by atoms with E-state index in [2.05, 4.69) is 15.0 Å². The van der Waals surface area contributed by atoms with Crippen LogP contribution in [0.5, 0.6) is 0 Å². The lowest BCUT2D eigenvalue weighted by Crippen LogP contribution is -2.18. The molecule has 0 saturated carbocycles. The fourth-order valence-electron chi connectivity index (χ4n) is 2.21. The Bertz CT molecular complexity index is 879. The average molecular weight is 409 g/mol. The number of carbonyl (C=O) groups excluding carboxylic acids is 1. The molecule has 0 aliphatic rings. The molecule has 0 saturated heterocycles. The number of nitrogens with zero attached hydrogens (tertiary/aromatic N) is 1. The number of carbonyl (C=O) groups is 1. The summed E-state index contributed by atoms with van der Waals surface area (Å²) in [6, 6.07) is 3.61. The van der Waals surface area contributed by atoms with Crippen LogP contribution in [0.3, 0.4) is 0 Å². The van der Waals surface area contributed by atoms with Gasteiger partial charge in [0.15, 0.2) is 5.82 Å². The number of hydrogen-bond donors (Lipinski definition) is 4. The van der Waals surface area contributed by atoms with Crippen LogP contribution in [0.15, 0.2) is 24.4 Å². The molecule has 0 aliphatic heterocycles. The minimum atomic E-state index is -0.994. The van der Waals surface area contributed by atoms with Crippen LogP contribution in [-0.2, 0) is 4.74 Å². The number of aromatic nitrogens is 1. The van der Waals surface area contributed by atoms with E-state index < -0.39 is 23.1 Å². The van der Waals surface area contributed by atoms with Crippen LogP contribution >= 0.6 is 11.9 Å². The van der Waals surface area contributed by atoms with Crippen molar-refractivity contribution in [3.63, 3.8) is 0 Å². The molecule has 1 heterocycles. The Kier molecular flexibility index (Phi) is 7.56. The smallest absolute Gasteiger partial charge is 0.261 e. The van der Waals surface area contributed by atoms with E-state index in [0.717, 1.165) is 18.2 Å². The van der Waals surface area contributed by atoms with Gasteiger partial charge in [-0.25, -0.2) is 13.8 Å². The summed E-state index contributed by atoms with van der Waals surface area (Å²) in [6.45, 7) is 3.92. The lowest BCUT2D eigenvalue weighted by atomic mass is 10.1. The van der Waals surface area contributed by atoms with Crippen molar-refractivity contribution >= 4 is 40.9 Å². The molecule has 0 bridgehead atoms. The van der Waals surface area contributed by atoms with E-state index in [1.165, 1.54) is 30.3 Å². The third-order valence-electron chi connectivity index (χ3n) is 3.52. The second kappa shape index (κ2) is 9.88. The molecule has 2 aromatic rings. The molecule has 5 N–H and O–H groups in total. The first-order valence-corrected chi connectivity index (χ1v) is 9.51. The molecule has 0 atom stereocenters. The van der Waals surface area contributed by atoms with Gasteiger partial charge in [-0.15, -0.1) is 0 Å². The summed E-state index contributed by atoms with van der Waals surface area (Å²) in [5, 5.41) is 10.2. The number of nitrogens with two attached hydrogens (primary N) is 1. The summed E-state index contributed by atoms with van der Waals surface area (Å²) in [6.07, 6.45) is 2.10. The third-order valence-corrected chi connectivity index (χ3v) is 4.49. The van der Waals surface area contributed by atoms with Gasteiger partial charge in [0.1, 0.15) is 17.2 Å². The number of benzene rings is 1. The molecule has 1 aromatic heterocycles. The number of pyridine rings is 1. The number of anilines is 3. The Morgan fingerprint density at radius 3 is 2.79 bits per heavy atom. The van der Waals surface area contributed by atoms with Gasteiger partial charge in [-0.3, -0.25) is 10.2 Å². The summed E-state index contributed by atoms with van der Waals surface area (Å²) < 4.78 is 36.6. The molecule has 1 aromatic carbocycles. The number of halogens is 2. The van der Waals surface area contributed by atoms with Crippen LogP contribution < -0.4 is 15.8 Å². The molecule has 1 amide bonds. The predicted octanol–water partition coefficient (Wildman–Crippen LogP) is 4.03. The van der Waals surface area contributed by atoms with Gasteiger partial charge in [-0.2, -0.15) is 0 Å². The maximum absolute atomic E-state index is 14.6. The van der Waals surface area contributed by atoms with E-state index in [-0.39, 0.29) is 35.3 Å². The first-order chi connectivity index (χ1) is 13.4. The molecule has 28 heavy (non-hydrogen) atoms. The first kappa shape index (κ1) is 21.4. The zero-order valence-electron chi connectivity index (χ0n) is 15.4. The van der Waals surface area contributed by atoms with E-state index >= 15 is 0 Å². The van der Waals surface area contributed by atoms with Gasteiger partial charge >= 0.3 is 0 Å². The number of nitrogen functional groups attached to an aromatic ring is 1. The van der Waals surface area contributed by atoms with E-state index in [9.17, 15) is 13.6 Å². The van der Waals surface area contributed by atoms with Crippen LogP contribution in [-0.4, -0.2) is 29.1 Å². The predicted molar refractivity (Wildman–Crippen MR) is 108 cm³/mol. The highest BCUT2D eigenvalue weighted by molar-refractivity contribution is 8.00. The van der Waals surface area contributed by atoms with Crippen molar-refractivity contribution in [3.8, 4) is 0 Å². The van der Waals surface area contributed by atoms with Crippen LogP contribution in [0.1, 0.15) is 36.2 Å². The van der Waals surface area contributed by atoms with Crippen LogP contribution in [0.25, 0.3) is 0 Å². The van der Waals surface area contributed by atoms with Crippen molar-refractivity contribution in [2.75, 3.05) is 28.1 Å². The Balaban J connectivity index is 2.26. The van der Waals surface area contributed by atoms with Crippen molar-refractivity contribution in [1.82, 2.24) is 4.98 Å².